The maximum absolute atomic E-state index is 12.1. The first kappa shape index (κ1) is 16.8. The highest BCUT2D eigenvalue weighted by atomic mass is 35.5. The second-order valence-electron chi connectivity index (χ2n) is 4.36. The largest absolute Gasteiger partial charge is 0.352 e. The van der Waals surface area contributed by atoms with Crippen LogP contribution in [0.2, 0.25) is 4.34 Å². The van der Waals surface area contributed by atoms with Crippen molar-refractivity contribution in [3.63, 3.8) is 0 Å². The number of nitrogens with zero attached hydrogens (tertiary/aromatic N) is 1. The van der Waals surface area contributed by atoms with Crippen molar-refractivity contribution in [2.24, 2.45) is 0 Å². The minimum absolute atomic E-state index is 0.0508. The van der Waals surface area contributed by atoms with E-state index in [1.54, 1.807) is 18.4 Å². The van der Waals surface area contributed by atoms with E-state index in [0.29, 0.717) is 22.2 Å². The van der Waals surface area contributed by atoms with Crippen LogP contribution in [0.4, 0.5) is 5.69 Å². The molecule has 116 valence electrons. The Morgan fingerprint density at radius 1 is 1.41 bits per heavy atom. The number of nitro groups is 1. The molecule has 0 aliphatic rings. The highest BCUT2D eigenvalue weighted by molar-refractivity contribution is 7.98. The summed E-state index contributed by atoms with van der Waals surface area (Å²) in [5.41, 5.74) is 0.235. The smallest absolute Gasteiger partial charge is 0.283 e. The molecule has 0 unspecified atom stereocenters. The molecule has 1 aromatic carbocycles. The third kappa shape index (κ3) is 4.22. The Labute approximate surface area is 140 Å². The lowest BCUT2D eigenvalue weighted by molar-refractivity contribution is -0.387. The SMILES string of the molecule is CSc1ccc(C(=O)NCCc2ccc(Cl)s2)cc1[N+](=O)[O-]. The Kier molecular flexibility index (Phi) is 5.82. The molecule has 0 spiro atoms. The van der Waals surface area contributed by atoms with Gasteiger partial charge in [-0.3, -0.25) is 14.9 Å². The molecule has 5 nitrogen and oxygen atoms in total. The van der Waals surface area contributed by atoms with Crippen LogP contribution in [-0.4, -0.2) is 23.6 Å². The Morgan fingerprint density at radius 2 is 2.18 bits per heavy atom. The van der Waals surface area contributed by atoms with Crippen LogP contribution < -0.4 is 5.32 Å². The van der Waals surface area contributed by atoms with E-state index in [1.165, 1.54) is 29.2 Å². The van der Waals surface area contributed by atoms with Gasteiger partial charge in [-0.2, -0.15) is 0 Å². The van der Waals surface area contributed by atoms with E-state index in [4.69, 9.17) is 11.6 Å². The summed E-state index contributed by atoms with van der Waals surface area (Å²) in [7, 11) is 0. The second-order valence-corrected chi connectivity index (χ2v) is 7.00. The zero-order valence-electron chi connectivity index (χ0n) is 11.7. The van der Waals surface area contributed by atoms with Gasteiger partial charge in [-0.25, -0.2) is 0 Å². The fourth-order valence-electron chi connectivity index (χ4n) is 1.86. The van der Waals surface area contributed by atoms with E-state index in [1.807, 2.05) is 12.1 Å². The molecule has 1 aromatic heterocycles. The van der Waals surface area contributed by atoms with Crippen molar-refractivity contribution in [1.29, 1.82) is 0 Å². The number of carbonyl (C=O) groups is 1. The zero-order valence-corrected chi connectivity index (χ0v) is 14.1. The van der Waals surface area contributed by atoms with E-state index in [9.17, 15) is 14.9 Å². The van der Waals surface area contributed by atoms with Gasteiger partial charge in [0, 0.05) is 23.1 Å². The molecular formula is C14H13ClN2O3S2. The molecule has 1 amide bonds. The highest BCUT2D eigenvalue weighted by Crippen LogP contribution is 2.28. The minimum atomic E-state index is -0.476. The Balaban J connectivity index is 2.00. The molecule has 0 bridgehead atoms. The Bertz CT molecular complexity index is 703. The van der Waals surface area contributed by atoms with Crippen molar-refractivity contribution < 1.29 is 9.72 Å². The van der Waals surface area contributed by atoms with Crippen LogP contribution in [0.25, 0.3) is 0 Å². The molecule has 22 heavy (non-hydrogen) atoms. The van der Waals surface area contributed by atoms with Crippen molar-refractivity contribution in [2.75, 3.05) is 12.8 Å². The van der Waals surface area contributed by atoms with E-state index in [-0.39, 0.29) is 17.2 Å². The number of thioether (sulfide) groups is 1. The fraction of sp³-hybridized carbons (Fsp3) is 0.214. The van der Waals surface area contributed by atoms with Crippen LogP contribution in [0.3, 0.4) is 0 Å². The third-order valence-corrected chi connectivity index (χ3v) is 5.00. The maximum atomic E-state index is 12.1. The summed E-state index contributed by atoms with van der Waals surface area (Å²) in [6.45, 7) is 0.452. The van der Waals surface area contributed by atoms with Gasteiger partial charge in [0.05, 0.1) is 14.2 Å². The normalized spacial score (nSPS) is 10.5. The van der Waals surface area contributed by atoms with Crippen molar-refractivity contribution in [3.05, 3.63) is 55.2 Å². The summed E-state index contributed by atoms with van der Waals surface area (Å²) in [6.07, 6.45) is 2.43. The molecule has 2 aromatic rings. The number of nitro benzene ring substituents is 1. The number of hydrogen-bond acceptors (Lipinski definition) is 5. The lowest BCUT2D eigenvalue weighted by Crippen LogP contribution is -2.25. The predicted molar refractivity (Wildman–Crippen MR) is 90.2 cm³/mol. The molecule has 0 atom stereocenters. The van der Waals surface area contributed by atoms with Crippen molar-refractivity contribution in [3.8, 4) is 0 Å². The van der Waals surface area contributed by atoms with Gasteiger partial charge in [0.2, 0.25) is 0 Å². The molecule has 8 heteroatoms. The van der Waals surface area contributed by atoms with Gasteiger partial charge in [-0.1, -0.05) is 11.6 Å². The number of halogens is 1. The molecule has 0 aliphatic heterocycles. The first-order valence-electron chi connectivity index (χ1n) is 6.36. The lowest BCUT2D eigenvalue weighted by Gasteiger charge is -2.06. The number of hydrogen-bond donors (Lipinski definition) is 1. The number of benzene rings is 1. The van der Waals surface area contributed by atoms with Crippen LogP contribution in [0.15, 0.2) is 35.2 Å². The van der Waals surface area contributed by atoms with Crippen LogP contribution in [-0.2, 0) is 6.42 Å². The molecular weight excluding hydrogens is 344 g/mol. The van der Waals surface area contributed by atoms with Gasteiger partial charge in [0.1, 0.15) is 0 Å². The zero-order chi connectivity index (χ0) is 16.1. The lowest BCUT2D eigenvalue weighted by atomic mass is 10.2. The molecule has 2 rings (SSSR count). The van der Waals surface area contributed by atoms with Gasteiger partial charge in [0.15, 0.2) is 0 Å². The third-order valence-electron chi connectivity index (χ3n) is 2.92. The molecule has 0 radical (unpaired) electrons. The first-order chi connectivity index (χ1) is 10.5. The minimum Gasteiger partial charge on any atom is -0.352 e. The molecule has 0 fully saturated rings. The summed E-state index contributed by atoms with van der Waals surface area (Å²) in [6, 6.07) is 8.22. The summed E-state index contributed by atoms with van der Waals surface area (Å²) in [5, 5.41) is 13.8. The van der Waals surface area contributed by atoms with Crippen molar-refractivity contribution in [1.82, 2.24) is 5.32 Å². The van der Waals surface area contributed by atoms with E-state index < -0.39 is 4.92 Å². The van der Waals surface area contributed by atoms with Gasteiger partial charge in [0.25, 0.3) is 11.6 Å². The van der Waals surface area contributed by atoms with Crippen LogP contribution >= 0.6 is 34.7 Å². The topological polar surface area (TPSA) is 72.2 Å². The standard InChI is InChI=1S/C14H13ClN2O3S2/c1-21-12-4-2-9(8-11(12)17(19)20)14(18)16-7-6-10-3-5-13(15)22-10/h2-5,8H,6-7H2,1H3,(H,16,18). The molecule has 0 saturated heterocycles. The fourth-order valence-corrected chi connectivity index (χ4v) is 3.50. The van der Waals surface area contributed by atoms with Crippen LogP contribution in [0.5, 0.6) is 0 Å². The molecule has 0 saturated carbocycles. The molecule has 1 N–H and O–H groups in total. The Hall–Kier alpha value is -1.57. The van der Waals surface area contributed by atoms with E-state index in [2.05, 4.69) is 5.32 Å². The second kappa shape index (κ2) is 7.62. The highest BCUT2D eigenvalue weighted by Gasteiger charge is 2.16. The quantitative estimate of drug-likeness (QED) is 0.482. The number of carbonyl (C=O) groups excluding carboxylic acids is 1. The van der Waals surface area contributed by atoms with Gasteiger partial charge < -0.3 is 5.32 Å². The first-order valence-corrected chi connectivity index (χ1v) is 8.78. The summed E-state index contributed by atoms with van der Waals surface area (Å²) >= 11 is 8.58. The summed E-state index contributed by atoms with van der Waals surface area (Å²) < 4.78 is 0.713. The average Bonchev–Trinajstić information content (AvgIpc) is 2.91. The van der Waals surface area contributed by atoms with Crippen molar-refractivity contribution in [2.45, 2.75) is 11.3 Å². The van der Waals surface area contributed by atoms with Gasteiger partial charge in [-0.15, -0.1) is 23.1 Å². The molecule has 1 heterocycles. The number of rotatable bonds is 6. The monoisotopic (exact) mass is 356 g/mol. The van der Waals surface area contributed by atoms with Crippen LogP contribution in [0.1, 0.15) is 15.2 Å². The van der Waals surface area contributed by atoms with E-state index in [0.717, 1.165) is 4.88 Å². The van der Waals surface area contributed by atoms with E-state index >= 15 is 0 Å². The van der Waals surface area contributed by atoms with Gasteiger partial charge in [-0.05, 0) is 36.9 Å². The van der Waals surface area contributed by atoms with Crippen molar-refractivity contribution >= 4 is 46.3 Å². The number of thiophene rings is 1. The number of amides is 1. The van der Waals surface area contributed by atoms with Crippen LogP contribution in [0, 0.1) is 10.1 Å². The average molecular weight is 357 g/mol. The summed E-state index contributed by atoms with van der Waals surface area (Å²) in [4.78, 5) is 24.2. The molecule has 0 aliphatic carbocycles. The Morgan fingerprint density at radius 3 is 2.77 bits per heavy atom. The van der Waals surface area contributed by atoms with Gasteiger partial charge >= 0.3 is 0 Å². The summed E-state index contributed by atoms with van der Waals surface area (Å²) in [5.74, 6) is -0.321. The number of nitrogens with one attached hydrogen (secondary N) is 1. The maximum Gasteiger partial charge on any atom is 0.283 e. The predicted octanol–water partition coefficient (Wildman–Crippen LogP) is 4.00.